The van der Waals surface area contributed by atoms with Crippen molar-refractivity contribution >= 4 is 52.4 Å². The van der Waals surface area contributed by atoms with Crippen LogP contribution in [0, 0.1) is 0 Å². The Bertz CT molecular complexity index is 2760. The SMILES string of the molecule is COc1ccc(CN(Cc2ccc(OC)cc2)c2cccc(C3(NC(=O)C4(NC(=O)C5=CCCC=C6N(c7cc(Cl)cc(Cl)c7)C(=O)[C@@](C)(Cc7ccc(OC(F)(F)F)cc7)N56)CC4)CC3)n2)cc1. The number of fused-ring (bicyclic) bond motifs is 1. The van der Waals surface area contributed by atoms with Gasteiger partial charge in [0.15, 0.2) is 0 Å². The zero-order chi connectivity index (χ0) is 48.7. The van der Waals surface area contributed by atoms with E-state index in [0.29, 0.717) is 74.4 Å². The first-order valence-corrected chi connectivity index (χ1v) is 23.3. The number of pyridine rings is 1. The molecule has 4 aromatic carbocycles. The fourth-order valence-electron chi connectivity index (χ4n) is 9.07. The molecule has 0 spiro atoms. The van der Waals surface area contributed by atoms with Crippen LogP contribution in [0.25, 0.3) is 0 Å². The van der Waals surface area contributed by atoms with Crippen molar-refractivity contribution in [3.63, 3.8) is 0 Å². The summed E-state index contributed by atoms with van der Waals surface area (Å²) in [5, 5.41) is 6.92. The van der Waals surface area contributed by atoms with Crippen LogP contribution in [-0.2, 0) is 39.4 Å². The van der Waals surface area contributed by atoms with E-state index in [2.05, 4.69) is 20.3 Å². The van der Waals surface area contributed by atoms with Crippen LogP contribution < -0.4 is 34.6 Å². The molecule has 0 radical (unpaired) electrons. The van der Waals surface area contributed by atoms with E-state index < -0.39 is 40.5 Å². The highest BCUT2D eigenvalue weighted by Crippen LogP contribution is 2.49. The Morgan fingerprint density at radius 1 is 0.754 bits per heavy atom. The minimum atomic E-state index is -4.89. The number of carbonyl (C=O) groups is 3. The molecule has 2 saturated carbocycles. The molecule has 1 aromatic heterocycles. The van der Waals surface area contributed by atoms with Crippen molar-refractivity contribution in [3.8, 4) is 17.2 Å². The molecule has 4 aliphatic rings. The van der Waals surface area contributed by atoms with Crippen molar-refractivity contribution in [3.05, 3.63) is 165 Å². The van der Waals surface area contributed by atoms with Crippen LogP contribution >= 0.6 is 23.2 Å². The van der Waals surface area contributed by atoms with Crippen molar-refractivity contribution < 1.29 is 41.8 Å². The van der Waals surface area contributed by atoms with Crippen LogP contribution in [0.3, 0.4) is 0 Å². The first-order chi connectivity index (χ1) is 33.0. The number of anilines is 2. The van der Waals surface area contributed by atoms with Gasteiger partial charge in [0, 0.05) is 29.6 Å². The summed E-state index contributed by atoms with van der Waals surface area (Å²) in [7, 11) is 3.26. The van der Waals surface area contributed by atoms with Crippen LogP contribution in [-0.4, -0.2) is 59.3 Å². The van der Waals surface area contributed by atoms with Crippen LogP contribution in [0.2, 0.25) is 10.0 Å². The van der Waals surface area contributed by atoms with Crippen molar-refractivity contribution in [2.45, 2.75) is 87.9 Å². The molecule has 1 atom stereocenters. The van der Waals surface area contributed by atoms with Gasteiger partial charge in [-0.05, 0) is 135 Å². The highest BCUT2D eigenvalue weighted by Gasteiger charge is 2.59. The number of hydrogen-bond acceptors (Lipinski definition) is 9. The number of rotatable bonds is 16. The number of aromatic nitrogens is 1. The number of ether oxygens (including phenoxy) is 3. The predicted molar refractivity (Wildman–Crippen MR) is 256 cm³/mol. The zero-order valence-corrected chi connectivity index (χ0v) is 39.6. The molecule has 9 rings (SSSR count). The van der Waals surface area contributed by atoms with Crippen LogP contribution in [0.1, 0.15) is 67.8 Å². The Balaban J connectivity index is 0.968. The van der Waals surface area contributed by atoms with Gasteiger partial charge in [0.05, 0.1) is 31.1 Å². The van der Waals surface area contributed by atoms with E-state index in [1.165, 1.54) is 35.2 Å². The number of allylic oxidation sites excluding steroid dienone is 2. The summed E-state index contributed by atoms with van der Waals surface area (Å²) >= 11 is 12.9. The lowest BCUT2D eigenvalue weighted by Crippen LogP contribution is -2.55. The Labute approximate surface area is 407 Å². The third kappa shape index (κ3) is 10.1. The maximum Gasteiger partial charge on any atom is 0.573 e. The fourth-order valence-corrected chi connectivity index (χ4v) is 9.59. The second-order valence-corrected chi connectivity index (χ2v) is 18.9. The Morgan fingerprint density at radius 2 is 1.32 bits per heavy atom. The lowest BCUT2D eigenvalue weighted by atomic mass is 9.90. The molecule has 358 valence electrons. The number of methoxy groups -OCH3 is 2. The smallest absolute Gasteiger partial charge is 0.497 e. The monoisotopic (exact) mass is 980 g/mol. The van der Waals surface area contributed by atoms with E-state index in [1.807, 2.05) is 72.8 Å². The van der Waals surface area contributed by atoms with Crippen molar-refractivity contribution in [2.75, 3.05) is 24.0 Å². The van der Waals surface area contributed by atoms with Gasteiger partial charge in [0.1, 0.15) is 45.7 Å². The van der Waals surface area contributed by atoms with Crippen LogP contribution in [0.4, 0.5) is 24.7 Å². The summed E-state index contributed by atoms with van der Waals surface area (Å²) in [6, 6.07) is 31.6. The third-order valence-electron chi connectivity index (χ3n) is 13.0. The number of halogens is 5. The largest absolute Gasteiger partial charge is 0.573 e. The molecule has 2 N–H and O–H groups in total. The van der Waals surface area contributed by atoms with Gasteiger partial charge in [-0.2, -0.15) is 0 Å². The van der Waals surface area contributed by atoms with Crippen molar-refractivity contribution in [1.82, 2.24) is 20.5 Å². The first kappa shape index (κ1) is 47.4. The molecule has 3 fully saturated rings. The van der Waals surface area contributed by atoms with E-state index in [-0.39, 0.29) is 28.1 Å². The second-order valence-electron chi connectivity index (χ2n) is 18.0. The summed E-state index contributed by atoms with van der Waals surface area (Å²) < 4.78 is 54.0. The van der Waals surface area contributed by atoms with Gasteiger partial charge in [0.2, 0.25) is 5.91 Å². The number of carbonyl (C=O) groups excluding carboxylic acids is 3. The van der Waals surface area contributed by atoms with Gasteiger partial charge < -0.3 is 34.6 Å². The van der Waals surface area contributed by atoms with Crippen LogP contribution in [0.15, 0.2) is 133 Å². The highest BCUT2D eigenvalue weighted by molar-refractivity contribution is 6.35. The molecule has 2 aliphatic heterocycles. The number of hydrogen-bond donors (Lipinski definition) is 2. The Morgan fingerprint density at radius 3 is 1.87 bits per heavy atom. The Hall–Kier alpha value is -6.71. The lowest BCUT2D eigenvalue weighted by molar-refractivity contribution is -0.274. The topological polar surface area (TPSA) is 126 Å². The van der Waals surface area contributed by atoms with Crippen LogP contribution in [0.5, 0.6) is 17.2 Å². The number of nitrogens with zero attached hydrogens (tertiary/aromatic N) is 4. The van der Waals surface area contributed by atoms with Gasteiger partial charge in [-0.15, -0.1) is 13.2 Å². The van der Waals surface area contributed by atoms with Gasteiger partial charge >= 0.3 is 6.36 Å². The maximum absolute atomic E-state index is 14.9. The summed E-state index contributed by atoms with van der Waals surface area (Å²) in [5.74, 6) is 0.863. The minimum Gasteiger partial charge on any atom is -0.497 e. The minimum absolute atomic E-state index is 0.0251. The standard InChI is InChI=1S/C52H49Cl2F3N6O6/c1-49(30-33-11-21-41(22-12-33)69-52(55,56)57)48(66)62(38-28-36(53)27-37(54)29-38)45-10-5-4-7-42(63(45)49)46(64)59-51(25-26-51)47(65)60-50(23-24-50)43-8-6-9-44(58-43)61(31-34-13-17-39(67-2)18-14-34)32-35-15-19-40(68-3)20-16-35/h6-22,27-29H,4-5,23-26,30-32H2,1-3H3,(H,59,64)(H,60,65)/t49-/m1/s1. The molecule has 0 bridgehead atoms. The number of nitrogens with one attached hydrogen (secondary N) is 2. The van der Waals surface area contributed by atoms with E-state index in [0.717, 1.165) is 28.4 Å². The molecule has 3 heterocycles. The van der Waals surface area contributed by atoms with Crippen molar-refractivity contribution in [2.24, 2.45) is 0 Å². The van der Waals surface area contributed by atoms with Gasteiger partial charge in [-0.3, -0.25) is 19.3 Å². The van der Waals surface area contributed by atoms with Gasteiger partial charge in [-0.1, -0.05) is 71.7 Å². The molecule has 69 heavy (non-hydrogen) atoms. The molecule has 17 heteroatoms. The van der Waals surface area contributed by atoms with Crippen molar-refractivity contribution in [1.29, 1.82) is 0 Å². The van der Waals surface area contributed by atoms with E-state index in [4.69, 9.17) is 37.7 Å². The molecule has 1 saturated heterocycles. The quantitative estimate of drug-likeness (QED) is 0.0994. The third-order valence-corrected chi connectivity index (χ3v) is 13.4. The molecule has 3 amide bonds. The number of benzene rings is 4. The van der Waals surface area contributed by atoms with Gasteiger partial charge in [0.25, 0.3) is 11.8 Å². The average Bonchev–Trinajstić information content (AvgIpc) is 4.26. The summed E-state index contributed by atoms with van der Waals surface area (Å²) in [6.07, 6.45) is 1.64. The molecule has 5 aromatic rings. The van der Waals surface area contributed by atoms with Gasteiger partial charge in [-0.25, -0.2) is 4.98 Å². The molecular weight excluding hydrogens is 933 g/mol. The molecule has 12 nitrogen and oxygen atoms in total. The summed E-state index contributed by atoms with van der Waals surface area (Å²) in [5.41, 5.74) is 0.342. The summed E-state index contributed by atoms with van der Waals surface area (Å²) in [4.78, 5) is 54.7. The number of amides is 3. The maximum atomic E-state index is 14.9. The normalized spacial score (nSPS) is 18.8. The van der Waals surface area contributed by atoms with E-state index in [1.54, 1.807) is 44.3 Å². The molecule has 2 aliphatic carbocycles. The number of alkyl halides is 3. The first-order valence-electron chi connectivity index (χ1n) is 22.5. The molecular formula is C52H49Cl2F3N6O6. The average molecular weight is 982 g/mol. The second kappa shape index (κ2) is 18.7. The fraction of sp³-hybridized carbons (Fsp3) is 0.308. The Kier molecular flexibility index (Phi) is 12.8. The zero-order valence-electron chi connectivity index (χ0n) is 38.0. The summed E-state index contributed by atoms with van der Waals surface area (Å²) in [6.45, 7) is 2.76. The lowest BCUT2D eigenvalue weighted by Gasteiger charge is -2.35. The molecule has 0 unspecified atom stereocenters. The highest BCUT2D eigenvalue weighted by atomic mass is 35.5. The van der Waals surface area contributed by atoms with E-state index >= 15 is 0 Å². The van der Waals surface area contributed by atoms with E-state index in [9.17, 15) is 27.6 Å². The predicted octanol–water partition coefficient (Wildman–Crippen LogP) is 10.1.